The molecule has 4 heteroatoms. The molecule has 1 heterocycles. The van der Waals surface area contributed by atoms with Crippen molar-refractivity contribution < 1.29 is 0 Å². The molecule has 0 aromatic carbocycles. The Morgan fingerprint density at radius 2 is 2.24 bits per heavy atom. The minimum atomic E-state index is 0.198. The van der Waals surface area contributed by atoms with Gasteiger partial charge in [0.05, 0.1) is 0 Å². The fourth-order valence-corrected chi connectivity index (χ4v) is 3.86. The molecule has 1 fully saturated rings. The summed E-state index contributed by atoms with van der Waals surface area (Å²) < 4.78 is 0. The number of hydrogen-bond acceptors (Lipinski definition) is 4. The number of hydrogen-bond donors (Lipinski definition) is 1. The zero-order valence-corrected chi connectivity index (χ0v) is 12.7. The third-order valence-corrected chi connectivity index (χ3v) is 4.97. The van der Waals surface area contributed by atoms with Crippen LogP contribution < -0.4 is 5.73 Å². The van der Waals surface area contributed by atoms with Gasteiger partial charge < -0.3 is 10.6 Å². The van der Waals surface area contributed by atoms with Gasteiger partial charge in [-0.15, -0.1) is 0 Å². The van der Waals surface area contributed by atoms with Crippen LogP contribution in [0.4, 0.5) is 0 Å². The number of likely N-dealkylation sites (tertiary alicyclic amines) is 1. The van der Waals surface area contributed by atoms with E-state index in [0.717, 1.165) is 13.1 Å². The van der Waals surface area contributed by atoms with Crippen molar-refractivity contribution in [2.24, 2.45) is 5.73 Å². The van der Waals surface area contributed by atoms with Gasteiger partial charge in [-0.1, -0.05) is 6.92 Å². The molecule has 0 aliphatic carbocycles. The topological polar surface area (TPSA) is 32.5 Å². The zero-order valence-electron chi connectivity index (χ0n) is 11.9. The van der Waals surface area contributed by atoms with Gasteiger partial charge in [0.1, 0.15) is 0 Å². The van der Waals surface area contributed by atoms with Crippen LogP contribution in [0.3, 0.4) is 0 Å². The Hall–Kier alpha value is 0.230. The summed E-state index contributed by atoms with van der Waals surface area (Å²) in [5.41, 5.74) is 6.31. The molecular weight excluding hydrogens is 230 g/mol. The van der Waals surface area contributed by atoms with Crippen LogP contribution in [0.1, 0.15) is 26.2 Å². The van der Waals surface area contributed by atoms with Crippen molar-refractivity contribution in [2.45, 2.75) is 37.8 Å². The average molecular weight is 259 g/mol. The Kier molecular flexibility index (Phi) is 6.27. The molecule has 17 heavy (non-hydrogen) atoms. The molecule has 0 radical (unpaired) electrons. The van der Waals surface area contributed by atoms with E-state index in [2.05, 4.69) is 37.1 Å². The number of likely N-dealkylation sites (N-methyl/N-ethyl adjacent to an activating group) is 2. The number of thioether (sulfide) groups is 1. The van der Waals surface area contributed by atoms with E-state index in [0.29, 0.717) is 6.04 Å². The second-order valence-corrected chi connectivity index (χ2v) is 6.31. The van der Waals surface area contributed by atoms with Crippen molar-refractivity contribution in [1.29, 1.82) is 0 Å². The maximum Gasteiger partial charge on any atom is 0.0458 e. The van der Waals surface area contributed by atoms with Crippen LogP contribution >= 0.6 is 11.8 Å². The van der Waals surface area contributed by atoms with E-state index >= 15 is 0 Å². The summed E-state index contributed by atoms with van der Waals surface area (Å²) in [4.78, 5) is 5.00. The monoisotopic (exact) mass is 259 g/mol. The largest absolute Gasteiger partial charge is 0.329 e. The van der Waals surface area contributed by atoms with Crippen LogP contribution in [-0.2, 0) is 0 Å². The van der Waals surface area contributed by atoms with Gasteiger partial charge in [0.2, 0.25) is 0 Å². The zero-order chi connectivity index (χ0) is 12.9. The summed E-state index contributed by atoms with van der Waals surface area (Å²) in [6.45, 7) is 5.40. The molecule has 0 spiro atoms. The maximum absolute atomic E-state index is 6.11. The highest BCUT2D eigenvalue weighted by atomic mass is 32.2. The molecule has 0 amide bonds. The number of rotatable bonds is 6. The molecule has 1 saturated heterocycles. The number of piperidine rings is 1. The van der Waals surface area contributed by atoms with Crippen LogP contribution in [0.25, 0.3) is 0 Å². The highest BCUT2D eigenvalue weighted by Crippen LogP contribution is 2.28. The van der Waals surface area contributed by atoms with Crippen molar-refractivity contribution >= 4 is 11.8 Å². The van der Waals surface area contributed by atoms with E-state index in [1.807, 2.05) is 11.8 Å². The SMILES string of the molecule is CCC(CSC)N(C)C1(CN)CCCN(C)C1. The van der Waals surface area contributed by atoms with Crippen molar-refractivity contribution in [3.8, 4) is 0 Å². The predicted octanol–water partition coefficient (Wildman–Crippen LogP) is 1.48. The molecule has 2 atom stereocenters. The van der Waals surface area contributed by atoms with E-state index in [9.17, 15) is 0 Å². The Morgan fingerprint density at radius 3 is 2.71 bits per heavy atom. The van der Waals surface area contributed by atoms with Crippen LogP contribution in [0.15, 0.2) is 0 Å². The van der Waals surface area contributed by atoms with Gasteiger partial charge in [0.15, 0.2) is 0 Å². The standard InChI is InChI=1S/C13H29N3S/c1-5-12(9-17-4)16(3)13(10-14)7-6-8-15(2)11-13/h12H,5-11,14H2,1-4H3. The van der Waals surface area contributed by atoms with Gasteiger partial charge in [0, 0.05) is 30.4 Å². The minimum absolute atomic E-state index is 0.198. The Morgan fingerprint density at radius 1 is 1.53 bits per heavy atom. The van der Waals surface area contributed by atoms with E-state index < -0.39 is 0 Å². The third kappa shape index (κ3) is 3.60. The predicted molar refractivity (Wildman–Crippen MR) is 78.7 cm³/mol. The first-order chi connectivity index (χ1) is 8.09. The lowest BCUT2D eigenvalue weighted by Crippen LogP contribution is -2.63. The number of nitrogens with zero attached hydrogens (tertiary/aromatic N) is 2. The summed E-state index contributed by atoms with van der Waals surface area (Å²) in [5, 5.41) is 0. The first-order valence-electron chi connectivity index (χ1n) is 6.70. The summed E-state index contributed by atoms with van der Waals surface area (Å²) in [6.07, 6.45) is 5.92. The first-order valence-corrected chi connectivity index (χ1v) is 8.09. The van der Waals surface area contributed by atoms with Gasteiger partial charge >= 0.3 is 0 Å². The smallest absolute Gasteiger partial charge is 0.0458 e. The molecule has 102 valence electrons. The lowest BCUT2D eigenvalue weighted by molar-refractivity contribution is 0.0204. The quantitative estimate of drug-likeness (QED) is 0.783. The lowest BCUT2D eigenvalue weighted by Gasteiger charge is -2.49. The Labute approximate surface area is 111 Å². The third-order valence-electron chi connectivity index (χ3n) is 4.25. The molecule has 1 aliphatic rings. The maximum atomic E-state index is 6.11. The van der Waals surface area contributed by atoms with E-state index in [-0.39, 0.29) is 5.54 Å². The van der Waals surface area contributed by atoms with Crippen LogP contribution in [0.5, 0.6) is 0 Å². The second-order valence-electron chi connectivity index (χ2n) is 5.40. The van der Waals surface area contributed by atoms with Crippen LogP contribution in [0, 0.1) is 0 Å². The van der Waals surface area contributed by atoms with E-state index in [1.54, 1.807) is 0 Å². The first kappa shape index (κ1) is 15.3. The average Bonchev–Trinajstić information content (AvgIpc) is 2.35. The van der Waals surface area contributed by atoms with Gasteiger partial charge in [0.25, 0.3) is 0 Å². The molecule has 2 N–H and O–H groups in total. The Balaban J connectivity index is 2.76. The summed E-state index contributed by atoms with van der Waals surface area (Å²) in [5.74, 6) is 1.21. The van der Waals surface area contributed by atoms with E-state index in [4.69, 9.17) is 5.73 Å². The Bertz CT molecular complexity index is 225. The normalized spacial score (nSPS) is 28.6. The van der Waals surface area contributed by atoms with Crippen molar-refractivity contribution in [2.75, 3.05) is 45.7 Å². The fourth-order valence-electron chi connectivity index (χ4n) is 3.02. The van der Waals surface area contributed by atoms with Crippen LogP contribution in [-0.4, -0.2) is 67.1 Å². The fraction of sp³-hybridized carbons (Fsp3) is 1.00. The molecule has 3 nitrogen and oxygen atoms in total. The molecular formula is C13H29N3S. The van der Waals surface area contributed by atoms with Gasteiger partial charge in [-0.2, -0.15) is 11.8 Å². The highest BCUT2D eigenvalue weighted by molar-refractivity contribution is 7.98. The number of nitrogens with two attached hydrogens (primary N) is 1. The van der Waals surface area contributed by atoms with E-state index in [1.165, 1.54) is 31.6 Å². The van der Waals surface area contributed by atoms with Crippen molar-refractivity contribution in [3.63, 3.8) is 0 Å². The molecule has 1 rings (SSSR count). The van der Waals surface area contributed by atoms with Gasteiger partial charge in [-0.3, -0.25) is 4.90 Å². The molecule has 1 aliphatic heterocycles. The summed E-state index contributed by atoms with van der Waals surface area (Å²) in [7, 11) is 4.49. The molecule has 0 saturated carbocycles. The molecule has 0 aromatic rings. The summed E-state index contributed by atoms with van der Waals surface area (Å²) >= 11 is 1.94. The highest BCUT2D eigenvalue weighted by Gasteiger charge is 2.39. The van der Waals surface area contributed by atoms with Crippen LogP contribution in [0.2, 0.25) is 0 Å². The summed E-state index contributed by atoms with van der Waals surface area (Å²) in [6, 6.07) is 0.653. The van der Waals surface area contributed by atoms with Gasteiger partial charge in [-0.05, 0) is 46.2 Å². The lowest BCUT2D eigenvalue weighted by atomic mass is 9.86. The molecule has 2 unspecified atom stereocenters. The second kappa shape index (κ2) is 6.98. The molecule has 0 aromatic heterocycles. The van der Waals surface area contributed by atoms with Gasteiger partial charge in [-0.25, -0.2) is 0 Å². The van der Waals surface area contributed by atoms with Crippen molar-refractivity contribution in [1.82, 2.24) is 9.80 Å². The molecule has 0 bridgehead atoms. The van der Waals surface area contributed by atoms with Crippen molar-refractivity contribution in [3.05, 3.63) is 0 Å². The minimum Gasteiger partial charge on any atom is -0.329 e.